The van der Waals surface area contributed by atoms with Crippen LogP contribution in [0.25, 0.3) is 0 Å². The van der Waals surface area contributed by atoms with Crippen LogP contribution in [0.4, 0.5) is 0 Å². The van der Waals surface area contributed by atoms with E-state index in [1.165, 1.54) is 11.1 Å². The highest BCUT2D eigenvalue weighted by Gasteiger charge is 2.28. The Morgan fingerprint density at radius 2 is 1.80 bits per heavy atom. The Balaban J connectivity index is 1.61. The molecule has 5 nitrogen and oxygen atoms in total. The van der Waals surface area contributed by atoms with Crippen molar-refractivity contribution in [1.29, 1.82) is 0 Å². The van der Waals surface area contributed by atoms with Crippen LogP contribution < -0.4 is 10.6 Å². The lowest BCUT2D eigenvalue weighted by Crippen LogP contribution is -2.48. The van der Waals surface area contributed by atoms with Crippen molar-refractivity contribution in [3.05, 3.63) is 65.0 Å². The standard InChI is InChI=1S/C20H24N4O/c25-20(18-2-1-15-3-7-21-10-6-17(15)13-18)24-12-11-23-14-19(24)16-4-8-22-9-5-16/h1-2,4-5,8-9,13,19,21,23H,3,6-7,10-12,14H2. The highest BCUT2D eigenvalue weighted by atomic mass is 16.2. The summed E-state index contributed by atoms with van der Waals surface area (Å²) in [5.74, 6) is 0.128. The summed E-state index contributed by atoms with van der Waals surface area (Å²) in [6.07, 6.45) is 5.62. The minimum absolute atomic E-state index is 0.0599. The van der Waals surface area contributed by atoms with Gasteiger partial charge in [0.25, 0.3) is 5.91 Å². The summed E-state index contributed by atoms with van der Waals surface area (Å²) in [6, 6.07) is 10.3. The molecule has 1 unspecified atom stereocenters. The molecular formula is C20H24N4O. The molecule has 5 heteroatoms. The van der Waals surface area contributed by atoms with E-state index >= 15 is 0 Å². The monoisotopic (exact) mass is 336 g/mol. The van der Waals surface area contributed by atoms with E-state index in [2.05, 4.69) is 27.8 Å². The first-order valence-corrected chi connectivity index (χ1v) is 9.07. The van der Waals surface area contributed by atoms with Crippen molar-refractivity contribution < 1.29 is 4.79 Å². The van der Waals surface area contributed by atoms with E-state index in [1.807, 2.05) is 23.1 Å². The second kappa shape index (κ2) is 7.33. The Morgan fingerprint density at radius 3 is 2.64 bits per heavy atom. The molecule has 25 heavy (non-hydrogen) atoms. The molecule has 1 atom stereocenters. The quantitative estimate of drug-likeness (QED) is 0.874. The molecule has 0 aliphatic carbocycles. The fourth-order valence-corrected chi connectivity index (χ4v) is 3.80. The molecule has 1 amide bonds. The van der Waals surface area contributed by atoms with Gasteiger partial charge in [0.1, 0.15) is 0 Å². The number of pyridine rings is 1. The van der Waals surface area contributed by atoms with E-state index in [0.717, 1.165) is 56.7 Å². The molecule has 4 rings (SSSR count). The van der Waals surface area contributed by atoms with Gasteiger partial charge in [-0.2, -0.15) is 0 Å². The lowest BCUT2D eigenvalue weighted by atomic mass is 9.98. The van der Waals surface area contributed by atoms with Crippen LogP contribution in [-0.2, 0) is 12.8 Å². The summed E-state index contributed by atoms with van der Waals surface area (Å²) >= 11 is 0. The van der Waals surface area contributed by atoms with E-state index in [1.54, 1.807) is 12.4 Å². The zero-order valence-electron chi connectivity index (χ0n) is 14.4. The number of hydrogen-bond acceptors (Lipinski definition) is 4. The van der Waals surface area contributed by atoms with E-state index in [9.17, 15) is 4.79 Å². The van der Waals surface area contributed by atoms with Gasteiger partial charge in [-0.3, -0.25) is 9.78 Å². The van der Waals surface area contributed by atoms with Gasteiger partial charge in [-0.15, -0.1) is 0 Å². The zero-order chi connectivity index (χ0) is 17.1. The molecule has 1 aromatic heterocycles. The number of nitrogens with one attached hydrogen (secondary N) is 2. The summed E-state index contributed by atoms with van der Waals surface area (Å²) in [4.78, 5) is 19.3. The van der Waals surface area contributed by atoms with Crippen LogP contribution in [0, 0.1) is 0 Å². The summed E-state index contributed by atoms with van der Waals surface area (Å²) in [7, 11) is 0. The molecule has 1 fully saturated rings. The van der Waals surface area contributed by atoms with Gasteiger partial charge in [0, 0.05) is 37.6 Å². The largest absolute Gasteiger partial charge is 0.329 e. The minimum Gasteiger partial charge on any atom is -0.329 e. The molecule has 0 saturated carbocycles. The van der Waals surface area contributed by atoms with Crippen molar-refractivity contribution in [3.8, 4) is 0 Å². The van der Waals surface area contributed by atoms with E-state index < -0.39 is 0 Å². The fourth-order valence-electron chi connectivity index (χ4n) is 3.80. The minimum atomic E-state index is 0.0599. The molecule has 1 saturated heterocycles. The van der Waals surface area contributed by atoms with Crippen molar-refractivity contribution in [2.75, 3.05) is 32.7 Å². The lowest BCUT2D eigenvalue weighted by molar-refractivity contribution is 0.0634. The first kappa shape index (κ1) is 16.2. The van der Waals surface area contributed by atoms with E-state index in [-0.39, 0.29) is 11.9 Å². The topological polar surface area (TPSA) is 57.3 Å². The van der Waals surface area contributed by atoms with Gasteiger partial charge >= 0.3 is 0 Å². The van der Waals surface area contributed by atoms with Crippen LogP contribution in [-0.4, -0.2) is 48.5 Å². The van der Waals surface area contributed by atoms with Crippen molar-refractivity contribution in [2.45, 2.75) is 18.9 Å². The van der Waals surface area contributed by atoms with E-state index in [4.69, 9.17) is 0 Å². The molecule has 2 aromatic rings. The number of carbonyl (C=O) groups is 1. The predicted octanol–water partition coefficient (Wildman–Crippen LogP) is 1.56. The SMILES string of the molecule is O=C(c1ccc2c(c1)CCNCC2)N1CCNCC1c1ccncc1. The number of amides is 1. The number of rotatable bonds is 2. The molecular weight excluding hydrogens is 312 g/mol. The summed E-state index contributed by atoms with van der Waals surface area (Å²) in [5, 5.41) is 6.83. The Hall–Kier alpha value is -2.24. The Kier molecular flexibility index (Phi) is 4.76. The second-order valence-electron chi connectivity index (χ2n) is 6.73. The number of benzene rings is 1. The third-order valence-corrected chi connectivity index (χ3v) is 5.19. The molecule has 0 bridgehead atoms. The van der Waals surface area contributed by atoms with E-state index in [0.29, 0.717) is 0 Å². The molecule has 3 heterocycles. The molecule has 2 N–H and O–H groups in total. The molecule has 1 aromatic carbocycles. The van der Waals surface area contributed by atoms with Crippen molar-refractivity contribution in [3.63, 3.8) is 0 Å². The third-order valence-electron chi connectivity index (χ3n) is 5.19. The number of carbonyl (C=O) groups excluding carboxylic acids is 1. The first-order valence-electron chi connectivity index (χ1n) is 9.07. The van der Waals surface area contributed by atoms with Gasteiger partial charge < -0.3 is 15.5 Å². The number of nitrogens with zero attached hydrogens (tertiary/aromatic N) is 2. The highest BCUT2D eigenvalue weighted by molar-refractivity contribution is 5.95. The molecule has 130 valence electrons. The number of hydrogen-bond donors (Lipinski definition) is 2. The van der Waals surface area contributed by atoms with Crippen LogP contribution in [0.15, 0.2) is 42.7 Å². The summed E-state index contributed by atoms with van der Waals surface area (Å²) in [5.41, 5.74) is 4.62. The average Bonchev–Trinajstić information content (AvgIpc) is 2.93. The maximum absolute atomic E-state index is 13.2. The smallest absolute Gasteiger partial charge is 0.254 e. The Morgan fingerprint density at radius 1 is 1.00 bits per heavy atom. The summed E-state index contributed by atoms with van der Waals surface area (Å²) in [6.45, 7) is 4.34. The van der Waals surface area contributed by atoms with Crippen molar-refractivity contribution >= 4 is 5.91 Å². The normalized spacial score (nSPS) is 20.6. The predicted molar refractivity (Wildman–Crippen MR) is 97.6 cm³/mol. The van der Waals surface area contributed by atoms with Gasteiger partial charge in [0.15, 0.2) is 0 Å². The van der Waals surface area contributed by atoms with Crippen LogP contribution in [0.1, 0.15) is 33.1 Å². The van der Waals surface area contributed by atoms with Crippen LogP contribution in [0.2, 0.25) is 0 Å². The maximum Gasteiger partial charge on any atom is 0.254 e. The first-order chi connectivity index (χ1) is 12.3. The number of aromatic nitrogens is 1. The fraction of sp³-hybridized carbons (Fsp3) is 0.400. The Bertz CT molecular complexity index is 747. The van der Waals surface area contributed by atoms with Crippen LogP contribution in [0.5, 0.6) is 0 Å². The summed E-state index contributed by atoms with van der Waals surface area (Å²) < 4.78 is 0. The maximum atomic E-state index is 13.2. The third kappa shape index (κ3) is 3.43. The Labute approximate surface area is 148 Å². The molecule has 2 aliphatic rings. The number of fused-ring (bicyclic) bond motifs is 1. The second-order valence-corrected chi connectivity index (χ2v) is 6.73. The number of piperazine rings is 1. The zero-order valence-corrected chi connectivity index (χ0v) is 14.4. The van der Waals surface area contributed by atoms with Gasteiger partial charge in [0.2, 0.25) is 0 Å². The van der Waals surface area contributed by atoms with Gasteiger partial charge in [-0.05, 0) is 66.9 Å². The lowest BCUT2D eigenvalue weighted by Gasteiger charge is -2.36. The van der Waals surface area contributed by atoms with Crippen molar-refractivity contribution in [2.24, 2.45) is 0 Å². The van der Waals surface area contributed by atoms with Crippen LogP contribution in [0.3, 0.4) is 0 Å². The van der Waals surface area contributed by atoms with Gasteiger partial charge in [0.05, 0.1) is 6.04 Å². The van der Waals surface area contributed by atoms with Crippen molar-refractivity contribution in [1.82, 2.24) is 20.5 Å². The molecule has 0 radical (unpaired) electrons. The highest BCUT2D eigenvalue weighted by Crippen LogP contribution is 2.25. The average molecular weight is 336 g/mol. The van der Waals surface area contributed by atoms with Gasteiger partial charge in [-0.1, -0.05) is 6.07 Å². The van der Waals surface area contributed by atoms with Crippen LogP contribution >= 0.6 is 0 Å². The molecule has 2 aliphatic heterocycles. The molecule has 0 spiro atoms. The van der Waals surface area contributed by atoms with Gasteiger partial charge in [-0.25, -0.2) is 0 Å².